The lowest BCUT2D eigenvalue weighted by atomic mass is 10.1. The Balaban J connectivity index is 3.23. The minimum atomic E-state index is -2.64. The first-order chi connectivity index (χ1) is 7.47. The molecule has 0 fully saturated rings. The number of carboxylic acid groups (broad SMARTS) is 1. The van der Waals surface area contributed by atoms with E-state index in [0.29, 0.717) is 9.13 Å². The van der Waals surface area contributed by atoms with Gasteiger partial charge in [0.25, 0.3) is 6.43 Å². The molecule has 0 bridgehead atoms. The molecule has 0 aliphatic rings. The van der Waals surface area contributed by atoms with Crippen LogP contribution < -0.4 is 5.73 Å². The fraction of sp³-hybridized carbons (Fsp3) is 0.333. The van der Waals surface area contributed by atoms with Gasteiger partial charge in [0.05, 0.1) is 12.1 Å². The lowest BCUT2D eigenvalue weighted by molar-refractivity contribution is -0.136. The lowest BCUT2D eigenvalue weighted by Crippen LogP contribution is -2.12. The standard InChI is InChI=1S/C9H9F2IN2O2/c10-9(11)5-3-14-6(1-7(15)16)4(2-13)8(5)12/h3,9H,1-2,13H2,(H,15,16). The number of rotatable bonds is 4. The molecule has 0 saturated carbocycles. The summed E-state index contributed by atoms with van der Waals surface area (Å²) in [5.41, 5.74) is 5.82. The second kappa shape index (κ2) is 5.48. The number of nitrogens with zero attached hydrogens (tertiary/aromatic N) is 1. The monoisotopic (exact) mass is 342 g/mol. The van der Waals surface area contributed by atoms with Gasteiger partial charge in [-0.2, -0.15) is 0 Å². The molecule has 0 aromatic carbocycles. The first-order valence-electron chi connectivity index (χ1n) is 4.33. The van der Waals surface area contributed by atoms with Crippen molar-refractivity contribution in [3.63, 3.8) is 0 Å². The van der Waals surface area contributed by atoms with Crippen molar-refractivity contribution in [1.82, 2.24) is 4.98 Å². The van der Waals surface area contributed by atoms with E-state index in [0.717, 1.165) is 6.20 Å². The van der Waals surface area contributed by atoms with Gasteiger partial charge in [0, 0.05) is 27.4 Å². The average Bonchev–Trinajstić information content (AvgIpc) is 2.16. The second-order valence-corrected chi connectivity index (χ2v) is 4.11. The zero-order chi connectivity index (χ0) is 12.3. The molecule has 0 unspecified atom stereocenters. The zero-order valence-corrected chi connectivity index (χ0v) is 10.2. The van der Waals surface area contributed by atoms with E-state index in [1.807, 2.05) is 0 Å². The van der Waals surface area contributed by atoms with Crippen LogP contribution in [0.2, 0.25) is 0 Å². The molecular formula is C9H9F2IN2O2. The first kappa shape index (κ1) is 13.2. The highest BCUT2D eigenvalue weighted by atomic mass is 127. The third-order valence-electron chi connectivity index (χ3n) is 1.98. The Morgan fingerprint density at radius 2 is 2.25 bits per heavy atom. The maximum Gasteiger partial charge on any atom is 0.309 e. The number of nitrogens with two attached hydrogens (primary N) is 1. The minimum absolute atomic E-state index is 0.00551. The summed E-state index contributed by atoms with van der Waals surface area (Å²) in [5, 5.41) is 8.62. The summed E-state index contributed by atoms with van der Waals surface area (Å²) in [6.45, 7) is -0.00551. The Morgan fingerprint density at radius 3 is 2.69 bits per heavy atom. The summed E-state index contributed by atoms with van der Waals surface area (Å²) in [5.74, 6) is -1.07. The SMILES string of the molecule is NCc1c(CC(=O)O)ncc(C(F)F)c1I. The summed E-state index contributed by atoms with van der Waals surface area (Å²) in [7, 11) is 0. The van der Waals surface area contributed by atoms with Crippen LogP contribution >= 0.6 is 22.6 Å². The quantitative estimate of drug-likeness (QED) is 0.817. The van der Waals surface area contributed by atoms with Crippen LogP contribution in [-0.4, -0.2) is 16.1 Å². The van der Waals surface area contributed by atoms with Crippen LogP contribution in [0.15, 0.2) is 6.20 Å². The molecule has 0 saturated heterocycles. The van der Waals surface area contributed by atoms with Crippen molar-refractivity contribution in [1.29, 1.82) is 0 Å². The van der Waals surface area contributed by atoms with Gasteiger partial charge in [-0.3, -0.25) is 9.78 Å². The highest BCUT2D eigenvalue weighted by Crippen LogP contribution is 2.27. The molecule has 1 heterocycles. The molecule has 3 N–H and O–H groups in total. The van der Waals surface area contributed by atoms with Gasteiger partial charge in [-0.1, -0.05) is 0 Å². The number of hydrogen-bond acceptors (Lipinski definition) is 3. The van der Waals surface area contributed by atoms with Gasteiger partial charge in [-0.15, -0.1) is 0 Å². The zero-order valence-electron chi connectivity index (χ0n) is 8.08. The largest absolute Gasteiger partial charge is 0.481 e. The van der Waals surface area contributed by atoms with E-state index in [-0.39, 0.29) is 24.2 Å². The second-order valence-electron chi connectivity index (χ2n) is 3.03. The van der Waals surface area contributed by atoms with Gasteiger partial charge in [-0.05, 0) is 22.6 Å². The van der Waals surface area contributed by atoms with Crippen LogP contribution in [0.25, 0.3) is 0 Å². The van der Waals surface area contributed by atoms with Gasteiger partial charge >= 0.3 is 5.97 Å². The summed E-state index contributed by atoms with van der Waals surface area (Å²) in [6, 6.07) is 0. The number of alkyl halides is 2. The Hall–Kier alpha value is -0.830. The molecule has 4 nitrogen and oxygen atoms in total. The molecule has 0 spiro atoms. The van der Waals surface area contributed by atoms with Gasteiger partial charge in [0.1, 0.15) is 0 Å². The maximum absolute atomic E-state index is 12.5. The van der Waals surface area contributed by atoms with Crippen molar-refractivity contribution in [2.45, 2.75) is 19.4 Å². The van der Waals surface area contributed by atoms with Crippen LogP contribution in [-0.2, 0) is 17.8 Å². The Morgan fingerprint density at radius 1 is 1.62 bits per heavy atom. The fourth-order valence-corrected chi connectivity index (χ4v) is 2.14. The predicted molar refractivity (Wildman–Crippen MR) is 61.1 cm³/mol. The average molecular weight is 342 g/mol. The van der Waals surface area contributed by atoms with E-state index in [4.69, 9.17) is 10.8 Å². The molecule has 1 aromatic heterocycles. The molecule has 16 heavy (non-hydrogen) atoms. The molecule has 1 aromatic rings. The Bertz CT molecular complexity index is 413. The summed E-state index contributed by atoms with van der Waals surface area (Å²) in [6.07, 6.45) is -1.95. The van der Waals surface area contributed by atoms with Crippen LogP contribution in [0.5, 0.6) is 0 Å². The van der Waals surface area contributed by atoms with Crippen LogP contribution in [0.4, 0.5) is 8.78 Å². The van der Waals surface area contributed by atoms with Crippen LogP contribution in [0.3, 0.4) is 0 Å². The number of halogens is 3. The molecule has 0 atom stereocenters. The molecule has 1 rings (SSSR count). The molecular weight excluding hydrogens is 333 g/mol. The van der Waals surface area contributed by atoms with E-state index < -0.39 is 12.4 Å². The van der Waals surface area contributed by atoms with Gasteiger partial charge < -0.3 is 10.8 Å². The van der Waals surface area contributed by atoms with E-state index in [1.165, 1.54) is 0 Å². The minimum Gasteiger partial charge on any atom is -0.481 e. The Labute approximate surface area is 104 Å². The fourth-order valence-electron chi connectivity index (χ4n) is 1.24. The number of carboxylic acids is 1. The van der Waals surface area contributed by atoms with E-state index in [9.17, 15) is 13.6 Å². The van der Waals surface area contributed by atoms with Crippen molar-refractivity contribution in [3.8, 4) is 0 Å². The molecule has 0 radical (unpaired) electrons. The highest BCUT2D eigenvalue weighted by molar-refractivity contribution is 14.1. The number of pyridine rings is 1. The van der Waals surface area contributed by atoms with Gasteiger partial charge in [-0.25, -0.2) is 8.78 Å². The molecule has 0 aliphatic carbocycles. The smallest absolute Gasteiger partial charge is 0.309 e. The van der Waals surface area contributed by atoms with Crippen molar-refractivity contribution in [2.24, 2.45) is 5.73 Å². The normalized spacial score (nSPS) is 10.8. The number of aliphatic carboxylic acids is 1. The van der Waals surface area contributed by atoms with Crippen LogP contribution in [0.1, 0.15) is 23.2 Å². The first-order valence-corrected chi connectivity index (χ1v) is 5.41. The number of aromatic nitrogens is 1. The van der Waals surface area contributed by atoms with Gasteiger partial charge in [0.15, 0.2) is 0 Å². The van der Waals surface area contributed by atoms with E-state index in [1.54, 1.807) is 22.6 Å². The van der Waals surface area contributed by atoms with Crippen molar-refractivity contribution in [3.05, 3.63) is 26.6 Å². The van der Waals surface area contributed by atoms with Crippen molar-refractivity contribution >= 4 is 28.6 Å². The van der Waals surface area contributed by atoms with Crippen molar-refractivity contribution < 1.29 is 18.7 Å². The number of hydrogen-bond donors (Lipinski definition) is 2. The Kier molecular flexibility index (Phi) is 4.54. The van der Waals surface area contributed by atoms with E-state index >= 15 is 0 Å². The van der Waals surface area contributed by atoms with E-state index in [2.05, 4.69) is 4.98 Å². The molecule has 0 aliphatic heterocycles. The van der Waals surface area contributed by atoms with Crippen molar-refractivity contribution in [2.75, 3.05) is 0 Å². The summed E-state index contributed by atoms with van der Waals surface area (Å²) < 4.78 is 25.4. The highest BCUT2D eigenvalue weighted by Gasteiger charge is 2.18. The summed E-state index contributed by atoms with van der Waals surface area (Å²) in [4.78, 5) is 14.3. The third-order valence-corrected chi connectivity index (χ3v) is 3.26. The lowest BCUT2D eigenvalue weighted by Gasteiger charge is -2.11. The molecule has 88 valence electrons. The third kappa shape index (κ3) is 2.85. The van der Waals surface area contributed by atoms with Gasteiger partial charge in [0.2, 0.25) is 0 Å². The van der Waals surface area contributed by atoms with Crippen LogP contribution in [0, 0.1) is 3.57 Å². The maximum atomic E-state index is 12.5. The number of carbonyl (C=O) groups is 1. The molecule has 7 heteroatoms. The summed E-state index contributed by atoms with van der Waals surface area (Å²) >= 11 is 1.74. The predicted octanol–water partition coefficient (Wildman–Crippen LogP) is 1.71. The topological polar surface area (TPSA) is 76.2 Å². The molecule has 0 amide bonds.